The van der Waals surface area contributed by atoms with E-state index in [0.29, 0.717) is 11.1 Å². The van der Waals surface area contributed by atoms with Crippen molar-refractivity contribution in [1.29, 1.82) is 5.26 Å². The smallest absolute Gasteiger partial charge is 0.419 e. The molecule has 0 saturated carbocycles. The van der Waals surface area contributed by atoms with Gasteiger partial charge in [-0.25, -0.2) is 9.59 Å². The number of hydrogen-bond donors (Lipinski definition) is 2. The van der Waals surface area contributed by atoms with Crippen molar-refractivity contribution in [3.05, 3.63) is 75.2 Å². The van der Waals surface area contributed by atoms with E-state index in [9.17, 15) is 19.6 Å². The van der Waals surface area contributed by atoms with Crippen LogP contribution in [0.25, 0.3) is 22.2 Å². The van der Waals surface area contributed by atoms with Gasteiger partial charge in [0.2, 0.25) is 5.91 Å². The zero-order valence-electron chi connectivity index (χ0n) is 22.1. The van der Waals surface area contributed by atoms with E-state index in [0.717, 1.165) is 21.6 Å². The summed E-state index contributed by atoms with van der Waals surface area (Å²) in [6.45, 7) is 5.21. The van der Waals surface area contributed by atoms with Gasteiger partial charge in [0.15, 0.2) is 5.58 Å². The average molecular weight is 548 g/mol. The number of benzene rings is 2. The van der Waals surface area contributed by atoms with Crippen LogP contribution < -0.4 is 16.4 Å². The lowest BCUT2D eigenvalue weighted by Gasteiger charge is -2.24. The van der Waals surface area contributed by atoms with Gasteiger partial charge in [0.25, 0.3) is 0 Å². The van der Waals surface area contributed by atoms with Crippen molar-refractivity contribution in [3.8, 4) is 17.2 Å². The number of hydrogen-bond acceptors (Lipinski definition) is 8. The number of thiazole rings is 1. The fourth-order valence-electron chi connectivity index (χ4n) is 3.98. The Hall–Kier alpha value is -4.43. The molecule has 0 aliphatic carbocycles. The molecule has 0 fully saturated rings. The number of carbonyl (C=O) groups is 2. The van der Waals surface area contributed by atoms with Gasteiger partial charge in [-0.2, -0.15) is 5.26 Å². The number of rotatable bonds is 8. The van der Waals surface area contributed by atoms with Crippen molar-refractivity contribution in [2.24, 2.45) is 7.05 Å². The van der Waals surface area contributed by atoms with E-state index < -0.39 is 35.4 Å². The highest BCUT2D eigenvalue weighted by atomic mass is 32.1. The fourth-order valence-corrected chi connectivity index (χ4v) is 4.62. The molecule has 4 rings (SSSR count). The normalized spacial score (nSPS) is 12.9. The van der Waals surface area contributed by atoms with Gasteiger partial charge in [0.1, 0.15) is 17.7 Å². The summed E-state index contributed by atoms with van der Waals surface area (Å²) in [5.74, 6) is -0.908. The van der Waals surface area contributed by atoms with Gasteiger partial charge in [0, 0.05) is 31.0 Å². The number of nitriles is 1. The highest BCUT2D eigenvalue weighted by Gasteiger charge is 2.27. The molecule has 2 aromatic carbocycles. The number of oxazole rings is 1. The predicted molar refractivity (Wildman–Crippen MR) is 147 cm³/mol. The van der Waals surface area contributed by atoms with Crippen LogP contribution in [-0.4, -0.2) is 39.2 Å². The standard InChI is InChI=1S/C28H29N5O5S/c1-28(2,3)38-26(35)32-22(13-21-15-30-16-39-21)25(34)31-20(14-29)11-17-5-7-18(8-6-17)19-9-10-24-23(12-19)33(4)27(36)37-24/h5-10,12,15-16,20,22H,11,13H2,1-4H3,(H,31,34)(H,32,35)/t20-,22?/m0/s1. The topological polar surface area (TPSA) is 139 Å². The molecule has 2 N–H and O–H groups in total. The lowest BCUT2D eigenvalue weighted by atomic mass is 10.0. The number of fused-ring (bicyclic) bond motifs is 1. The number of aromatic nitrogens is 2. The molecular weight excluding hydrogens is 518 g/mol. The lowest BCUT2D eigenvalue weighted by Crippen LogP contribution is -2.51. The molecule has 0 bridgehead atoms. The predicted octanol–water partition coefficient (Wildman–Crippen LogP) is 3.94. The molecule has 2 amide bonds. The van der Waals surface area contributed by atoms with Crippen molar-refractivity contribution >= 4 is 34.4 Å². The molecule has 39 heavy (non-hydrogen) atoms. The minimum Gasteiger partial charge on any atom is -0.444 e. The summed E-state index contributed by atoms with van der Waals surface area (Å²) < 4.78 is 12.0. The van der Waals surface area contributed by atoms with Crippen LogP contribution in [0.15, 0.2) is 63.4 Å². The average Bonchev–Trinajstić information content (AvgIpc) is 3.49. The molecule has 2 heterocycles. The Kier molecular flexibility index (Phi) is 8.16. The number of nitrogens with one attached hydrogen (secondary N) is 2. The van der Waals surface area contributed by atoms with Crippen molar-refractivity contribution < 1.29 is 18.7 Å². The molecule has 0 radical (unpaired) electrons. The maximum absolute atomic E-state index is 13.1. The van der Waals surface area contributed by atoms with Gasteiger partial charge in [-0.3, -0.25) is 14.3 Å². The van der Waals surface area contributed by atoms with Crippen LogP contribution in [-0.2, 0) is 29.4 Å². The molecule has 2 atom stereocenters. The molecule has 10 nitrogen and oxygen atoms in total. The SMILES string of the molecule is Cn1c(=O)oc2ccc(-c3ccc(C[C@@H](C#N)NC(=O)C(Cc4cncs4)NC(=O)OC(C)(C)C)cc3)cc21. The Morgan fingerprint density at radius 3 is 2.49 bits per heavy atom. The van der Waals surface area contributed by atoms with Crippen molar-refractivity contribution in [2.45, 2.75) is 51.3 Å². The first-order valence-corrected chi connectivity index (χ1v) is 13.2. The highest BCUT2D eigenvalue weighted by molar-refractivity contribution is 7.09. The summed E-state index contributed by atoms with van der Waals surface area (Å²) in [4.78, 5) is 42.1. The first-order valence-electron chi connectivity index (χ1n) is 12.3. The largest absolute Gasteiger partial charge is 0.444 e. The Labute approximate surface area is 229 Å². The number of ether oxygens (including phenoxy) is 1. The number of aryl methyl sites for hydroxylation is 1. The molecule has 0 saturated heterocycles. The van der Waals surface area contributed by atoms with Gasteiger partial charge in [-0.15, -0.1) is 11.3 Å². The van der Waals surface area contributed by atoms with E-state index in [4.69, 9.17) is 9.15 Å². The highest BCUT2D eigenvalue weighted by Crippen LogP contribution is 2.24. The van der Waals surface area contributed by atoms with E-state index in [1.165, 1.54) is 15.9 Å². The molecule has 0 spiro atoms. The van der Waals surface area contributed by atoms with Gasteiger partial charge in [-0.05, 0) is 49.6 Å². The van der Waals surface area contributed by atoms with E-state index >= 15 is 0 Å². The minimum atomic E-state index is -0.938. The monoisotopic (exact) mass is 547 g/mol. The van der Waals surface area contributed by atoms with Crippen LogP contribution in [0.4, 0.5) is 4.79 Å². The number of nitrogens with zero attached hydrogens (tertiary/aromatic N) is 3. The number of amides is 2. The Bertz CT molecular complexity index is 1560. The lowest BCUT2D eigenvalue weighted by molar-refractivity contribution is -0.123. The zero-order chi connectivity index (χ0) is 28.2. The molecule has 4 aromatic rings. The van der Waals surface area contributed by atoms with Gasteiger partial charge < -0.3 is 19.8 Å². The van der Waals surface area contributed by atoms with Crippen LogP contribution >= 0.6 is 11.3 Å². The maximum atomic E-state index is 13.1. The second-order valence-corrected chi connectivity index (χ2v) is 11.0. The van der Waals surface area contributed by atoms with Crippen molar-refractivity contribution in [2.75, 3.05) is 0 Å². The van der Waals surface area contributed by atoms with Crippen LogP contribution in [0.5, 0.6) is 0 Å². The van der Waals surface area contributed by atoms with E-state index in [2.05, 4.69) is 21.7 Å². The molecule has 11 heteroatoms. The third kappa shape index (κ3) is 7.12. The van der Waals surface area contributed by atoms with E-state index in [1.54, 1.807) is 45.6 Å². The second kappa shape index (κ2) is 11.5. The summed E-state index contributed by atoms with van der Waals surface area (Å²) in [6, 6.07) is 13.5. The first kappa shape index (κ1) is 27.6. The third-order valence-corrected chi connectivity index (χ3v) is 6.69. The second-order valence-electron chi connectivity index (χ2n) is 10.1. The number of carbonyl (C=O) groups excluding carboxylic acids is 2. The molecule has 1 unspecified atom stereocenters. The maximum Gasteiger partial charge on any atom is 0.419 e. The fraction of sp³-hybridized carbons (Fsp3) is 0.321. The van der Waals surface area contributed by atoms with E-state index in [-0.39, 0.29) is 12.8 Å². The summed E-state index contributed by atoms with van der Waals surface area (Å²) in [5, 5.41) is 15.1. The zero-order valence-corrected chi connectivity index (χ0v) is 22.9. The van der Waals surface area contributed by atoms with E-state index in [1.807, 2.05) is 36.4 Å². The van der Waals surface area contributed by atoms with Crippen LogP contribution in [0.2, 0.25) is 0 Å². The summed E-state index contributed by atoms with van der Waals surface area (Å²) >= 11 is 1.37. The number of alkyl carbamates (subject to hydrolysis) is 1. The van der Waals surface area contributed by atoms with Gasteiger partial charge >= 0.3 is 11.8 Å². The minimum absolute atomic E-state index is 0.217. The molecule has 2 aromatic heterocycles. The summed E-state index contributed by atoms with van der Waals surface area (Å²) in [6.07, 6.45) is 1.41. The molecule has 0 aliphatic heterocycles. The summed E-state index contributed by atoms with van der Waals surface area (Å²) in [5.41, 5.74) is 4.83. The quantitative estimate of drug-likeness (QED) is 0.341. The molecule has 202 valence electrons. The van der Waals surface area contributed by atoms with Gasteiger partial charge in [-0.1, -0.05) is 30.3 Å². The third-order valence-electron chi connectivity index (χ3n) is 5.89. The van der Waals surface area contributed by atoms with Crippen LogP contribution in [0.3, 0.4) is 0 Å². The summed E-state index contributed by atoms with van der Waals surface area (Å²) in [7, 11) is 1.66. The van der Waals surface area contributed by atoms with Crippen LogP contribution in [0, 0.1) is 11.3 Å². The van der Waals surface area contributed by atoms with Crippen LogP contribution in [0.1, 0.15) is 31.2 Å². The van der Waals surface area contributed by atoms with Crippen molar-refractivity contribution in [1.82, 2.24) is 20.2 Å². The Morgan fingerprint density at radius 2 is 1.85 bits per heavy atom. The molecule has 0 aliphatic rings. The van der Waals surface area contributed by atoms with Crippen molar-refractivity contribution in [3.63, 3.8) is 0 Å². The Balaban J connectivity index is 1.44. The first-order chi connectivity index (χ1) is 18.5. The van der Waals surface area contributed by atoms with Gasteiger partial charge in [0.05, 0.1) is 17.1 Å². The molecular formula is C28H29N5O5S. The Morgan fingerprint density at radius 1 is 1.13 bits per heavy atom.